The first-order chi connectivity index (χ1) is 10.2. The summed E-state index contributed by atoms with van der Waals surface area (Å²) in [6.45, 7) is 1.85. The Hall–Kier alpha value is -2.36. The first-order valence-corrected chi connectivity index (χ1v) is 7.61. The zero-order valence-corrected chi connectivity index (χ0v) is 12.1. The topological polar surface area (TPSA) is 88.4 Å². The van der Waals surface area contributed by atoms with Crippen LogP contribution in [0.1, 0.15) is 23.4 Å². The van der Waals surface area contributed by atoms with E-state index in [1.807, 2.05) is 25.1 Å². The van der Waals surface area contributed by atoms with E-state index in [0.717, 1.165) is 5.69 Å². The second kappa shape index (κ2) is 5.56. The normalized spacial score (nSPS) is 13.8. The Morgan fingerprint density at radius 1 is 1.33 bits per heavy atom. The Bertz CT molecular complexity index is 809. The van der Waals surface area contributed by atoms with Crippen LogP contribution in [0, 0.1) is 11.3 Å². The highest BCUT2D eigenvalue weighted by Crippen LogP contribution is 2.27. The van der Waals surface area contributed by atoms with Crippen molar-refractivity contribution in [2.24, 2.45) is 0 Å². The number of hydrogen-bond donors (Lipinski definition) is 1. The number of nitrogens with one attached hydrogen (secondary N) is 1. The minimum Gasteiger partial charge on any atom is -0.608 e. The fraction of sp³-hybridized carbons (Fsp3) is 0.133. The van der Waals surface area contributed by atoms with Crippen molar-refractivity contribution in [2.75, 3.05) is 0 Å². The van der Waals surface area contributed by atoms with Crippen LogP contribution in [0.3, 0.4) is 0 Å². The summed E-state index contributed by atoms with van der Waals surface area (Å²) in [6.07, 6.45) is 1.68. The minimum atomic E-state index is -1.33. The van der Waals surface area contributed by atoms with Crippen LogP contribution < -0.4 is 0 Å². The maximum absolute atomic E-state index is 12.6. The highest BCUT2D eigenvalue weighted by molar-refractivity contribution is 7.91. The van der Waals surface area contributed by atoms with Crippen molar-refractivity contribution in [3.05, 3.63) is 53.9 Å². The average Bonchev–Trinajstić information content (AvgIpc) is 2.97. The Morgan fingerprint density at radius 2 is 2.19 bits per heavy atom. The van der Waals surface area contributed by atoms with Gasteiger partial charge in [0.1, 0.15) is 0 Å². The van der Waals surface area contributed by atoms with Crippen LogP contribution in [0.15, 0.2) is 47.8 Å². The molecule has 5 nitrogen and oxygen atoms in total. The van der Waals surface area contributed by atoms with Crippen molar-refractivity contribution < 1.29 is 4.55 Å². The van der Waals surface area contributed by atoms with E-state index in [9.17, 15) is 4.55 Å². The van der Waals surface area contributed by atoms with E-state index < -0.39 is 11.2 Å². The highest BCUT2D eigenvalue weighted by atomic mass is 32.2. The summed E-state index contributed by atoms with van der Waals surface area (Å²) in [5.41, 5.74) is 2.71. The van der Waals surface area contributed by atoms with E-state index in [1.54, 1.807) is 24.4 Å². The number of nitrogens with zero attached hydrogens (tertiary/aromatic N) is 3. The van der Waals surface area contributed by atoms with Gasteiger partial charge < -0.3 is 4.55 Å². The molecule has 0 amide bonds. The predicted molar refractivity (Wildman–Crippen MR) is 79.9 cm³/mol. The van der Waals surface area contributed by atoms with Crippen LogP contribution in [0.25, 0.3) is 11.0 Å². The monoisotopic (exact) mass is 296 g/mol. The summed E-state index contributed by atoms with van der Waals surface area (Å²) >= 11 is -1.33. The van der Waals surface area contributed by atoms with E-state index in [0.29, 0.717) is 21.8 Å². The molecule has 0 fully saturated rings. The van der Waals surface area contributed by atoms with Crippen molar-refractivity contribution in [1.29, 1.82) is 5.26 Å². The number of benzene rings is 1. The largest absolute Gasteiger partial charge is 0.608 e. The van der Waals surface area contributed by atoms with Gasteiger partial charge in [0.25, 0.3) is 0 Å². The number of nitriles is 1. The molecule has 1 N–H and O–H groups in total. The molecule has 0 aliphatic carbocycles. The molecule has 3 aromatic rings. The molecule has 2 aromatic heterocycles. The lowest BCUT2D eigenvalue weighted by molar-refractivity contribution is 0.577. The highest BCUT2D eigenvalue weighted by Gasteiger charge is 2.26. The third-order valence-corrected chi connectivity index (χ3v) is 4.66. The van der Waals surface area contributed by atoms with Gasteiger partial charge in [0, 0.05) is 17.4 Å². The quantitative estimate of drug-likeness (QED) is 0.753. The molecular formula is C15H12N4OS. The maximum atomic E-state index is 12.6. The third-order valence-electron chi connectivity index (χ3n) is 3.21. The number of H-pyrrole nitrogens is 1. The van der Waals surface area contributed by atoms with Gasteiger partial charge in [-0.2, -0.15) is 10.2 Å². The zero-order valence-electron chi connectivity index (χ0n) is 11.3. The van der Waals surface area contributed by atoms with Crippen LogP contribution in [-0.2, 0) is 11.2 Å². The molecule has 104 valence electrons. The van der Waals surface area contributed by atoms with Gasteiger partial charge in [-0.25, -0.2) is 0 Å². The lowest BCUT2D eigenvalue weighted by atomic mass is 10.2. The molecule has 0 saturated heterocycles. The van der Waals surface area contributed by atoms with Gasteiger partial charge in [-0.3, -0.25) is 9.97 Å². The number of pyridine rings is 1. The number of aromatic nitrogens is 3. The molecule has 0 spiro atoms. The minimum absolute atomic E-state index is 0.262. The summed E-state index contributed by atoms with van der Waals surface area (Å²) in [6, 6.07) is 12.8. The van der Waals surface area contributed by atoms with Crippen molar-refractivity contribution in [2.45, 2.75) is 17.3 Å². The number of hydrogen-bond acceptors (Lipinski definition) is 4. The molecule has 3 rings (SSSR count). The SMILES string of the molecule is CC(c1ccccn1)[S+]([O-])c1nc2ccc(C#N)cc2[nH]1. The molecule has 2 atom stereocenters. The van der Waals surface area contributed by atoms with Gasteiger partial charge in [0.05, 0.1) is 28.4 Å². The fourth-order valence-electron chi connectivity index (χ4n) is 2.04. The summed E-state index contributed by atoms with van der Waals surface area (Å²) < 4.78 is 12.6. The van der Waals surface area contributed by atoms with Gasteiger partial charge in [0.15, 0.2) is 5.25 Å². The van der Waals surface area contributed by atoms with Crippen LogP contribution in [0.4, 0.5) is 0 Å². The van der Waals surface area contributed by atoms with E-state index in [1.165, 1.54) is 0 Å². The second-order valence-corrected chi connectivity index (χ2v) is 6.27. The van der Waals surface area contributed by atoms with Crippen LogP contribution >= 0.6 is 0 Å². The van der Waals surface area contributed by atoms with Gasteiger partial charge in [-0.05, 0) is 37.3 Å². The Morgan fingerprint density at radius 3 is 2.90 bits per heavy atom. The lowest BCUT2D eigenvalue weighted by Crippen LogP contribution is -2.13. The maximum Gasteiger partial charge on any atom is 0.322 e. The first kappa shape index (κ1) is 13.6. The fourth-order valence-corrected chi connectivity index (χ4v) is 3.14. The first-order valence-electron chi connectivity index (χ1n) is 6.40. The third kappa shape index (κ3) is 2.61. The van der Waals surface area contributed by atoms with Crippen LogP contribution in [0.5, 0.6) is 0 Å². The molecule has 0 aliphatic heterocycles. The molecular weight excluding hydrogens is 284 g/mol. The molecule has 21 heavy (non-hydrogen) atoms. The van der Waals surface area contributed by atoms with Crippen molar-refractivity contribution in [1.82, 2.24) is 15.0 Å². The number of imidazole rings is 1. The van der Waals surface area contributed by atoms with E-state index in [-0.39, 0.29) is 5.25 Å². The van der Waals surface area contributed by atoms with Gasteiger partial charge in [-0.15, -0.1) is 0 Å². The van der Waals surface area contributed by atoms with Crippen LogP contribution in [-0.4, -0.2) is 19.5 Å². The Labute approximate surface area is 124 Å². The summed E-state index contributed by atoms with van der Waals surface area (Å²) in [7, 11) is 0. The van der Waals surface area contributed by atoms with Crippen LogP contribution in [0.2, 0.25) is 0 Å². The standard InChI is InChI=1S/C15H12N4OS/c1-10(12-4-2-3-7-17-12)21(20)15-18-13-6-5-11(9-16)8-14(13)19-15/h2-8,10H,1H3,(H,18,19). The molecule has 0 radical (unpaired) electrons. The molecule has 0 aliphatic rings. The smallest absolute Gasteiger partial charge is 0.322 e. The molecule has 2 heterocycles. The van der Waals surface area contributed by atoms with E-state index in [2.05, 4.69) is 21.0 Å². The molecule has 0 saturated carbocycles. The van der Waals surface area contributed by atoms with E-state index in [4.69, 9.17) is 5.26 Å². The van der Waals surface area contributed by atoms with E-state index >= 15 is 0 Å². The van der Waals surface area contributed by atoms with Crippen molar-refractivity contribution in [3.8, 4) is 6.07 Å². The Balaban J connectivity index is 1.94. The molecule has 1 aromatic carbocycles. The van der Waals surface area contributed by atoms with Gasteiger partial charge in [-0.1, -0.05) is 6.07 Å². The van der Waals surface area contributed by atoms with Crippen molar-refractivity contribution in [3.63, 3.8) is 0 Å². The predicted octanol–water partition coefficient (Wildman–Crippen LogP) is 2.70. The van der Waals surface area contributed by atoms with Crippen molar-refractivity contribution >= 4 is 22.2 Å². The lowest BCUT2D eigenvalue weighted by Gasteiger charge is -2.14. The zero-order chi connectivity index (χ0) is 14.8. The second-order valence-electron chi connectivity index (χ2n) is 4.58. The summed E-state index contributed by atoms with van der Waals surface area (Å²) in [5.74, 6) is 0. The van der Waals surface area contributed by atoms with Gasteiger partial charge >= 0.3 is 5.16 Å². The Kier molecular flexibility index (Phi) is 3.60. The molecule has 2 unspecified atom stereocenters. The number of rotatable bonds is 3. The molecule has 0 bridgehead atoms. The number of aromatic amines is 1. The molecule has 6 heteroatoms. The number of fused-ring (bicyclic) bond motifs is 1. The summed E-state index contributed by atoms with van der Waals surface area (Å²) in [4.78, 5) is 11.6. The van der Waals surface area contributed by atoms with Gasteiger partial charge in [0.2, 0.25) is 0 Å². The summed E-state index contributed by atoms with van der Waals surface area (Å²) in [5, 5.41) is 9.04. The average molecular weight is 296 g/mol.